The van der Waals surface area contributed by atoms with Crippen LogP contribution in [0.15, 0.2) is 6.07 Å². The summed E-state index contributed by atoms with van der Waals surface area (Å²) in [4.78, 5) is 2.91. The van der Waals surface area contributed by atoms with Crippen molar-refractivity contribution in [2.45, 2.75) is 53.0 Å². The second-order valence-electron chi connectivity index (χ2n) is 4.16. The summed E-state index contributed by atoms with van der Waals surface area (Å²) in [7, 11) is 0. The van der Waals surface area contributed by atoms with Crippen LogP contribution in [0.3, 0.4) is 0 Å². The molecule has 0 aromatic carbocycles. The van der Waals surface area contributed by atoms with Gasteiger partial charge >= 0.3 is 0 Å². The first kappa shape index (κ1) is 12.7. The molecule has 1 unspecified atom stereocenters. The molecule has 1 N–H and O–H groups in total. The van der Waals surface area contributed by atoms with Crippen molar-refractivity contribution in [2.75, 3.05) is 6.54 Å². The Balaban J connectivity index is 2.73. The molecule has 0 aliphatic carbocycles. The van der Waals surface area contributed by atoms with E-state index < -0.39 is 0 Å². The quantitative estimate of drug-likeness (QED) is 0.765. The summed E-state index contributed by atoms with van der Waals surface area (Å²) in [5, 5.41) is 3.65. The van der Waals surface area contributed by atoms with Gasteiger partial charge in [-0.15, -0.1) is 11.3 Å². The molecule has 0 spiro atoms. The van der Waals surface area contributed by atoms with Crippen LogP contribution in [0, 0.1) is 13.8 Å². The molecule has 15 heavy (non-hydrogen) atoms. The van der Waals surface area contributed by atoms with Crippen molar-refractivity contribution in [3.8, 4) is 0 Å². The Morgan fingerprint density at radius 3 is 2.47 bits per heavy atom. The van der Waals surface area contributed by atoms with Crippen LogP contribution < -0.4 is 5.32 Å². The number of aryl methyl sites for hydroxylation is 2. The number of thiophene rings is 1. The molecule has 2 heteroatoms. The number of hydrogen-bond acceptors (Lipinski definition) is 2. The molecule has 0 saturated carbocycles. The summed E-state index contributed by atoms with van der Waals surface area (Å²) >= 11 is 1.92. The van der Waals surface area contributed by atoms with E-state index >= 15 is 0 Å². The molecule has 0 aliphatic rings. The Morgan fingerprint density at radius 2 is 2.00 bits per heavy atom. The van der Waals surface area contributed by atoms with Crippen molar-refractivity contribution >= 4 is 11.3 Å². The zero-order chi connectivity index (χ0) is 11.3. The van der Waals surface area contributed by atoms with Crippen molar-refractivity contribution in [2.24, 2.45) is 0 Å². The van der Waals surface area contributed by atoms with Gasteiger partial charge in [-0.25, -0.2) is 0 Å². The monoisotopic (exact) mass is 225 g/mol. The van der Waals surface area contributed by atoms with Gasteiger partial charge in [-0.1, -0.05) is 20.3 Å². The van der Waals surface area contributed by atoms with Gasteiger partial charge in [0.1, 0.15) is 0 Å². The predicted octanol–water partition coefficient (Wildman–Crippen LogP) is 4.21. The van der Waals surface area contributed by atoms with Crippen LogP contribution in [0.1, 0.15) is 54.5 Å². The minimum atomic E-state index is 0.569. The van der Waals surface area contributed by atoms with Crippen LogP contribution in [0.4, 0.5) is 0 Å². The number of rotatable bonds is 6. The summed E-state index contributed by atoms with van der Waals surface area (Å²) in [6.07, 6.45) is 3.70. The van der Waals surface area contributed by atoms with Gasteiger partial charge in [0.15, 0.2) is 0 Å². The highest BCUT2D eigenvalue weighted by molar-refractivity contribution is 7.12. The van der Waals surface area contributed by atoms with Crippen LogP contribution >= 0.6 is 11.3 Å². The van der Waals surface area contributed by atoms with Gasteiger partial charge in [0.05, 0.1) is 0 Å². The molecule has 0 aliphatic heterocycles. The lowest BCUT2D eigenvalue weighted by Crippen LogP contribution is -2.22. The first-order chi connectivity index (χ1) is 7.19. The number of hydrogen-bond donors (Lipinski definition) is 1. The van der Waals surface area contributed by atoms with Crippen LogP contribution in [0.5, 0.6) is 0 Å². The maximum atomic E-state index is 3.65. The van der Waals surface area contributed by atoms with Gasteiger partial charge in [0.2, 0.25) is 0 Å². The highest BCUT2D eigenvalue weighted by atomic mass is 32.1. The molecule has 1 atom stereocenters. The molecule has 0 bridgehead atoms. The fourth-order valence-electron chi connectivity index (χ4n) is 1.97. The van der Waals surface area contributed by atoms with Gasteiger partial charge < -0.3 is 5.32 Å². The van der Waals surface area contributed by atoms with Gasteiger partial charge in [0, 0.05) is 15.8 Å². The van der Waals surface area contributed by atoms with Crippen molar-refractivity contribution in [1.29, 1.82) is 0 Å². The van der Waals surface area contributed by atoms with E-state index in [9.17, 15) is 0 Å². The van der Waals surface area contributed by atoms with Crippen molar-refractivity contribution in [3.63, 3.8) is 0 Å². The number of nitrogens with one attached hydrogen (secondary N) is 1. The van der Waals surface area contributed by atoms with Crippen LogP contribution in [-0.2, 0) is 0 Å². The molecule has 1 aromatic rings. The highest BCUT2D eigenvalue weighted by Gasteiger charge is 2.13. The molecule has 0 fully saturated rings. The Kier molecular flexibility index (Phi) is 5.34. The summed E-state index contributed by atoms with van der Waals surface area (Å²) in [6.45, 7) is 10.0. The predicted molar refractivity (Wildman–Crippen MR) is 69.7 cm³/mol. The molecule has 1 aromatic heterocycles. The maximum absolute atomic E-state index is 3.65. The third-order valence-electron chi connectivity index (χ3n) is 2.67. The standard InChI is InChI=1S/C13H23NS/c1-5-7-13(14-8-6-2)12-9-10(3)15-11(12)4/h9,13-14H,5-8H2,1-4H3. The summed E-state index contributed by atoms with van der Waals surface area (Å²) < 4.78 is 0. The summed E-state index contributed by atoms with van der Waals surface area (Å²) in [5.41, 5.74) is 1.52. The molecule has 1 nitrogen and oxygen atoms in total. The normalized spacial score (nSPS) is 13.1. The fraction of sp³-hybridized carbons (Fsp3) is 0.692. The largest absolute Gasteiger partial charge is 0.310 e. The van der Waals surface area contributed by atoms with E-state index in [0.29, 0.717) is 6.04 Å². The summed E-state index contributed by atoms with van der Waals surface area (Å²) in [6, 6.07) is 2.92. The minimum Gasteiger partial charge on any atom is -0.310 e. The molecule has 1 rings (SSSR count). The average Bonchev–Trinajstić information content (AvgIpc) is 2.52. The molecule has 0 saturated heterocycles. The molecular weight excluding hydrogens is 202 g/mol. The third kappa shape index (κ3) is 3.62. The van der Waals surface area contributed by atoms with Crippen LogP contribution in [0.25, 0.3) is 0 Å². The smallest absolute Gasteiger partial charge is 0.0331 e. The van der Waals surface area contributed by atoms with Crippen LogP contribution in [0.2, 0.25) is 0 Å². The van der Waals surface area contributed by atoms with E-state index in [1.807, 2.05) is 11.3 Å². The topological polar surface area (TPSA) is 12.0 Å². The van der Waals surface area contributed by atoms with Crippen molar-refractivity contribution in [1.82, 2.24) is 5.32 Å². The van der Waals surface area contributed by atoms with E-state index in [1.165, 1.54) is 34.6 Å². The van der Waals surface area contributed by atoms with Gasteiger partial charge in [-0.2, -0.15) is 0 Å². The average molecular weight is 225 g/mol. The van der Waals surface area contributed by atoms with Crippen molar-refractivity contribution in [3.05, 3.63) is 21.4 Å². The maximum Gasteiger partial charge on any atom is 0.0331 e. The van der Waals surface area contributed by atoms with Gasteiger partial charge in [-0.05, 0) is 44.9 Å². The Morgan fingerprint density at radius 1 is 1.27 bits per heavy atom. The first-order valence-corrected chi connectivity index (χ1v) is 6.81. The molecule has 0 radical (unpaired) electrons. The highest BCUT2D eigenvalue weighted by Crippen LogP contribution is 2.28. The Labute approximate surface area is 97.9 Å². The Bertz CT molecular complexity index is 291. The lowest BCUT2D eigenvalue weighted by atomic mass is 10.0. The zero-order valence-corrected chi connectivity index (χ0v) is 11.2. The second-order valence-corrected chi connectivity index (χ2v) is 5.62. The lowest BCUT2D eigenvalue weighted by molar-refractivity contribution is 0.493. The van der Waals surface area contributed by atoms with Gasteiger partial charge in [-0.3, -0.25) is 0 Å². The molecule has 0 amide bonds. The first-order valence-electron chi connectivity index (χ1n) is 5.99. The Hall–Kier alpha value is -0.340. The van der Waals surface area contributed by atoms with E-state index in [0.717, 1.165) is 6.54 Å². The lowest BCUT2D eigenvalue weighted by Gasteiger charge is -2.17. The van der Waals surface area contributed by atoms with E-state index in [1.54, 1.807) is 0 Å². The van der Waals surface area contributed by atoms with E-state index in [2.05, 4.69) is 39.1 Å². The fourth-order valence-corrected chi connectivity index (χ4v) is 2.96. The van der Waals surface area contributed by atoms with E-state index in [4.69, 9.17) is 0 Å². The minimum absolute atomic E-state index is 0.569. The van der Waals surface area contributed by atoms with Crippen LogP contribution in [-0.4, -0.2) is 6.54 Å². The van der Waals surface area contributed by atoms with Gasteiger partial charge in [0.25, 0.3) is 0 Å². The van der Waals surface area contributed by atoms with Crippen molar-refractivity contribution < 1.29 is 0 Å². The molecule has 86 valence electrons. The summed E-state index contributed by atoms with van der Waals surface area (Å²) in [5.74, 6) is 0. The second kappa shape index (κ2) is 6.29. The third-order valence-corrected chi connectivity index (χ3v) is 3.65. The molecule has 1 heterocycles. The zero-order valence-electron chi connectivity index (χ0n) is 10.4. The molecular formula is C13H23NS. The SMILES string of the molecule is CCCNC(CCC)c1cc(C)sc1C. The van der Waals surface area contributed by atoms with E-state index in [-0.39, 0.29) is 0 Å².